The van der Waals surface area contributed by atoms with Crippen molar-refractivity contribution in [3.63, 3.8) is 0 Å². The first-order valence-electron chi connectivity index (χ1n) is 6.54. The van der Waals surface area contributed by atoms with Crippen LogP contribution < -0.4 is 10.2 Å². The predicted octanol–water partition coefficient (Wildman–Crippen LogP) is 2.79. The molecule has 0 fully saturated rings. The van der Waals surface area contributed by atoms with Crippen LogP contribution in [0.15, 0.2) is 30.3 Å². The van der Waals surface area contributed by atoms with Crippen molar-refractivity contribution >= 4 is 5.69 Å². The van der Waals surface area contributed by atoms with Gasteiger partial charge in [0.1, 0.15) is 5.54 Å². The van der Waals surface area contributed by atoms with Crippen LogP contribution in [0.3, 0.4) is 0 Å². The van der Waals surface area contributed by atoms with Crippen molar-refractivity contribution in [2.45, 2.75) is 32.2 Å². The molecule has 1 aromatic carbocycles. The van der Waals surface area contributed by atoms with Gasteiger partial charge in [-0.05, 0) is 38.4 Å². The molecule has 0 aliphatic carbocycles. The van der Waals surface area contributed by atoms with Gasteiger partial charge in [-0.3, -0.25) is 5.32 Å². The van der Waals surface area contributed by atoms with Gasteiger partial charge in [0.2, 0.25) is 0 Å². The Labute approximate surface area is 110 Å². The fraction of sp³-hybridized carbons (Fsp3) is 0.533. The second kappa shape index (κ2) is 7.03. The number of para-hydroxylation sites is 1. The molecule has 0 saturated heterocycles. The molecule has 1 atom stereocenters. The Balaban J connectivity index is 2.51. The minimum Gasteiger partial charge on any atom is -0.374 e. The van der Waals surface area contributed by atoms with Gasteiger partial charge in [0.25, 0.3) is 0 Å². The third-order valence-electron chi connectivity index (χ3n) is 3.16. The number of nitriles is 1. The minimum atomic E-state index is -0.431. The normalized spacial score (nSPS) is 13.7. The molecule has 18 heavy (non-hydrogen) atoms. The van der Waals surface area contributed by atoms with Gasteiger partial charge in [-0.25, -0.2) is 0 Å². The minimum absolute atomic E-state index is 0.431. The highest BCUT2D eigenvalue weighted by Gasteiger charge is 2.22. The predicted molar refractivity (Wildman–Crippen MR) is 76.6 cm³/mol. The molecule has 1 N–H and O–H groups in total. The fourth-order valence-corrected chi connectivity index (χ4v) is 1.79. The molecule has 0 heterocycles. The largest absolute Gasteiger partial charge is 0.374 e. The molecule has 0 bridgehead atoms. The lowest BCUT2D eigenvalue weighted by Gasteiger charge is -2.27. The zero-order valence-electron chi connectivity index (χ0n) is 11.6. The third kappa shape index (κ3) is 4.38. The summed E-state index contributed by atoms with van der Waals surface area (Å²) >= 11 is 0. The van der Waals surface area contributed by atoms with E-state index >= 15 is 0 Å². The summed E-state index contributed by atoms with van der Waals surface area (Å²) in [4.78, 5) is 2.18. The van der Waals surface area contributed by atoms with Crippen LogP contribution >= 0.6 is 0 Å². The number of nitrogens with zero attached hydrogens (tertiary/aromatic N) is 2. The second-order valence-electron chi connectivity index (χ2n) is 4.88. The van der Waals surface area contributed by atoms with Crippen LogP contribution in [0.1, 0.15) is 26.7 Å². The van der Waals surface area contributed by atoms with Crippen LogP contribution in [-0.2, 0) is 0 Å². The number of anilines is 1. The zero-order valence-corrected chi connectivity index (χ0v) is 11.6. The number of rotatable bonds is 7. The van der Waals surface area contributed by atoms with Gasteiger partial charge in [0.05, 0.1) is 6.07 Å². The molecule has 0 spiro atoms. The lowest BCUT2D eigenvalue weighted by molar-refractivity contribution is 0.421. The first kappa shape index (κ1) is 14.5. The molecule has 0 radical (unpaired) electrons. The maximum Gasteiger partial charge on any atom is 0.105 e. The molecular formula is C15H23N3. The summed E-state index contributed by atoms with van der Waals surface area (Å²) < 4.78 is 0. The van der Waals surface area contributed by atoms with Crippen molar-refractivity contribution in [1.82, 2.24) is 5.32 Å². The van der Waals surface area contributed by atoms with Crippen molar-refractivity contribution < 1.29 is 0 Å². The van der Waals surface area contributed by atoms with Crippen molar-refractivity contribution in [3.8, 4) is 6.07 Å². The average molecular weight is 245 g/mol. The summed E-state index contributed by atoms with van der Waals surface area (Å²) in [5.74, 6) is 0. The summed E-state index contributed by atoms with van der Waals surface area (Å²) in [5, 5.41) is 12.6. The SMILES string of the molecule is CCCNC(C)(C#N)CCN(C)c1ccccc1. The monoisotopic (exact) mass is 245 g/mol. The number of hydrogen-bond acceptors (Lipinski definition) is 3. The van der Waals surface area contributed by atoms with Crippen molar-refractivity contribution in [2.75, 3.05) is 25.0 Å². The summed E-state index contributed by atoms with van der Waals surface area (Å²) in [6.45, 7) is 5.84. The van der Waals surface area contributed by atoms with E-state index in [2.05, 4.69) is 42.4 Å². The number of nitrogens with one attached hydrogen (secondary N) is 1. The van der Waals surface area contributed by atoms with E-state index in [1.807, 2.05) is 25.1 Å². The first-order chi connectivity index (χ1) is 8.61. The summed E-state index contributed by atoms with van der Waals surface area (Å²) in [6.07, 6.45) is 1.86. The van der Waals surface area contributed by atoms with E-state index in [0.29, 0.717) is 0 Å². The molecule has 1 rings (SSSR count). The molecule has 1 aromatic rings. The Morgan fingerprint density at radius 1 is 1.33 bits per heavy atom. The van der Waals surface area contributed by atoms with E-state index < -0.39 is 5.54 Å². The van der Waals surface area contributed by atoms with E-state index in [-0.39, 0.29) is 0 Å². The molecule has 98 valence electrons. The molecule has 3 nitrogen and oxygen atoms in total. The second-order valence-corrected chi connectivity index (χ2v) is 4.88. The molecular weight excluding hydrogens is 222 g/mol. The maximum atomic E-state index is 9.26. The van der Waals surface area contributed by atoms with Crippen molar-refractivity contribution in [3.05, 3.63) is 30.3 Å². The topological polar surface area (TPSA) is 39.1 Å². The molecule has 3 heteroatoms. The van der Waals surface area contributed by atoms with E-state index in [0.717, 1.165) is 25.9 Å². The van der Waals surface area contributed by atoms with Gasteiger partial charge in [-0.2, -0.15) is 5.26 Å². The van der Waals surface area contributed by atoms with Crippen LogP contribution in [0, 0.1) is 11.3 Å². The molecule has 0 amide bonds. The lowest BCUT2D eigenvalue weighted by Crippen LogP contribution is -2.43. The van der Waals surface area contributed by atoms with E-state index in [1.165, 1.54) is 5.69 Å². The zero-order chi connectivity index (χ0) is 13.4. The Morgan fingerprint density at radius 3 is 2.56 bits per heavy atom. The summed E-state index contributed by atoms with van der Waals surface area (Å²) in [5.41, 5.74) is 0.757. The maximum absolute atomic E-state index is 9.26. The van der Waals surface area contributed by atoms with Crippen LogP contribution in [0.5, 0.6) is 0 Å². The van der Waals surface area contributed by atoms with Crippen molar-refractivity contribution in [2.24, 2.45) is 0 Å². The van der Waals surface area contributed by atoms with E-state index in [1.54, 1.807) is 0 Å². The molecule has 0 aliphatic heterocycles. The van der Waals surface area contributed by atoms with Gasteiger partial charge in [-0.15, -0.1) is 0 Å². The Bertz CT molecular complexity index is 382. The van der Waals surface area contributed by atoms with Crippen LogP contribution in [-0.4, -0.2) is 25.7 Å². The Morgan fingerprint density at radius 2 is 2.00 bits per heavy atom. The van der Waals surface area contributed by atoms with Crippen LogP contribution in [0.4, 0.5) is 5.69 Å². The molecule has 0 aromatic heterocycles. The average Bonchev–Trinajstić information content (AvgIpc) is 2.43. The third-order valence-corrected chi connectivity index (χ3v) is 3.16. The quantitative estimate of drug-likeness (QED) is 0.803. The van der Waals surface area contributed by atoms with Gasteiger partial charge < -0.3 is 4.90 Å². The van der Waals surface area contributed by atoms with E-state index in [9.17, 15) is 5.26 Å². The van der Waals surface area contributed by atoms with Crippen molar-refractivity contribution in [1.29, 1.82) is 5.26 Å². The highest BCUT2D eigenvalue weighted by Crippen LogP contribution is 2.15. The first-order valence-corrected chi connectivity index (χ1v) is 6.54. The Kier molecular flexibility index (Phi) is 5.67. The fourth-order valence-electron chi connectivity index (χ4n) is 1.79. The highest BCUT2D eigenvalue weighted by molar-refractivity contribution is 5.44. The standard InChI is InChI=1S/C15H23N3/c1-4-11-17-15(2,13-16)10-12-18(3)14-8-6-5-7-9-14/h5-9,17H,4,10-12H2,1-3H3. The number of benzene rings is 1. The molecule has 1 unspecified atom stereocenters. The summed E-state index contributed by atoms with van der Waals surface area (Å²) in [6, 6.07) is 12.6. The summed E-state index contributed by atoms with van der Waals surface area (Å²) in [7, 11) is 2.06. The van der Waals surface area contributed by atoms with E-state index in [4.69, 9.17) is 0 Å². The highest BCUT2D eigenvalue weighted by atomic mass is 15.1. The molecule has 0 aliphatic rings. The van der Waals surface area contributed by atoms with Gasteiger partial charge >= 0.3 is 0 Å². The van der Waals surface area contributed by atoms with Gasteiger partial charge in [0.15, 0.2) is 0 Å². The van der Waals surface area contributed by atoms with Crippen LogP contribution in [0.25, 0.3) is 0 Å². The Hall–Kier alpha value is -1.53. The smallest absolute Gasteiger partial charge is 0.105 e. The molecule has 0 saturated carbocycles. The van der Waals surface area contributed by atoms with Gasteiger partial charge in [0, 0.05) is 19.3 Å². The van der Waals surface area contributed by atoms with Gasteiger partial charge in [-0.1, -0.05) is 25.1 Å². The van der Waals surface area contributed by atoms with Crippen LogP contribution in [0.2, 0.25) is 0 Å². The number of hydrogen-bond donors (Lipinski definition) is 1. The lowest BCUT2D eigenvalue weighted by atomic mass is 9.99.